The topological polar surface area (TPSA) is 92.8 Å². The third-order valence-corrected chi connectivity index (χ3v) is 4.73. The minimum Gasteiger partial charge on any atom is -0.493 e. The highest BCUT2D eigenvalue weighted by molar-refractivity contribution is 6.34. The molecule has 1 amide bonds. The Morgan fingerprint density at radius 3 is 2.43 bits per heavy atom. The molecule has 3 N–H and O–H groups in total. The Hall–Kier alpha value is -2.90. The quantitative estimate of drug-likeness (QED) is 0.561. The number of aromatic amines is 1. The molecule has 2 aromatic carbocycles. The summed E-state index contributed by atoms with van der Waals surface area (Å²) >= 11 is 6.21. The van der Waals surface area contributed by atoms with E-state index in [-0.39, 0.29) is 12.5 Å². The van der Waals surface area contributed by atoms with E-state index in [2.05, 4.69) is 10.3 Å². The number of halogens is 1. The molecule has 0 saturated carbocycles. The molecule has 0 aliphatic carbocycles. The van der Waals surface area contributed by atoms with Gasteiger partial charge in [-0.05, 0) is 35.9 Å². The summed E-state index contributed by atoms with van der Waals surface area (Å²) in [6.07, 6.45) is 0.795. The molecule has 7 nitrogen and oxygen atoms in total. The molecule has 3 rings (SSSR count). The largest absolute Gasteiger partial charge is 0.493 e. The van der Waals surface area contributed by atoms with Crippen molar-refractivity contribution in [1.29, 1.82) is 0 Å². The predicted octanol–water partition coefficient (Wildman–Crippen LogP) is 3.31. The van der Waals surface area contributed by atoms with Gasteiger partial charge in [0.15, 0.2) is 11.5 Å². The SMILES string of the molecule is COc1cc(C(O)CNC(=O)c2cc3cc[nH]c3cc2Cl)cc(OC)c1OC. The van der Waals surface area contributed by atoms with Crippen LogP contribution in [0.3, 0.4) is 0 Å². The number of H-pyrrole nitrogens is 1. The van der Waals surface area contributed by atoms with Gasteiger partial charge in [0.25, 0.3) is 5.91 Å². The van der Waals surface area contributed by atoms with E-state index in [1.807, 2.05) is 6.07 Å². The second-order valence-corrected chi connectivity index (χ2v) is 6.49. The number of hydrogen-bond donors (Lipinski definition) is 3. The van der Waals surface area contributed by atoms with Crippen LogP contribution in [0, 0.1) is 0 Å². The van der Waals surface area contributed by atoms with Gasteiger partial charge in [-0.25, -0.2) is 0 Å². The molecule has 1 unspecified atom stereocenters. The molecular formula is C20H21ClN2O5. The molecule has 148 valence electrons. The highest BCUT2D eigenvalue weighted by Gasteiger charge is 2.19. The molecule has 8 heteroatoms. The van der Waals surface area contributed by atoms with Crippen molar-refractivity contribution in [2.45, 2.75) is 6.10 Å². The normalized spacial score (nSPS) is 11.9. The van der Waals surface area contributed by atoms with E-state index in [1.165, 1.54) is 21.3 Å². The molecule has 0 spiro atoms. The molecule has 1 heterocycles. The van der Waals surface area contributed by atoms with Gasteiger partial charge >= 0.3 is 0 Å². The summed E-state index contributed by atoms with van der Waals surface area (Å²) in [4.78, 5) is 15.6. The lowest BCUT2D eigenvalue weighted by molar-refractivity contribution is 0.0916. The van der Waals surface area contributed by atoms with E-state index >= 15 is 0 Å². The van der Waals surface area contributed by atoms with Crippen molar-refractivity contribution < 1.29 is 24.1 Å². The molecule has 1 atom stereocenters. The maximum Gasteiger partial charge on any atom is 0.252 e. The summed E-state index contributed by atoms with van der Waals surface area (Å²) in [5.74, 6) is 0.891. The van der Waals surface area contributed by atoms with Crippen molar-refractivity contribution >= 4 is 28.4 Å². The number of amides is 1. The zero-order valence-corrected chi connectivity index (χ0v) is 16.5. The van der Waals surface area contributed by atoms with Gasteiger partial charge < -0.3 is 29.6 Å². The number of benzene rings is 2. The Bertz CT molecular complexity index is 976. The van der Waals surface area contributed by atoms with Gasteiger partial charge in [-0.15, -0.1) is 0 Å². The van der Waals surface area contributed by atoms with E-state index in [0.29, 0.717) is 33.4 Å². The number of ether oxygens (including phenoxy) is 3. The van der Waals surface area contributed by atoms with Crippen LogP contribution in [0.5, 0.6) is 17.2 Å². The summed E-state index contributed by atoms with van der Waals surface area (Å²) in [6, 6.07) is 8.53. The summed E-state index contributed by atoms with van der Waals surface area (Å²) in [5, 5.41) is 14.4. The fourth-order valence-corrected chi connectivity index (χ4v) is 3.19. The first-order valence-corrected chi connectivity index (χ1v) is 8.89. The zero-order chi connectivity index (χ0) is 20.3. The number of carbonyl (C=O) groups excluding carboxylic acids is 1. The van der Waals surface area contributed by atoms with Gasteiger partial charge in [0.05, 0.1) is 38.0 Å². The molecule has 3 aromatic rings. The molecule has 28 heavy (non-hydrogen) atoms. The average Bonchev–Trinajstić information content (AvgIpc) is 3.16. The summed E-state index contributed by atoms with van der Waals surface area (Å²) in [5.41, 5.74) is 1.70. The van der Waals surface area contributed by atoms with Crippen molar-refractivity contribution in [3.8, 4) is 17.2 Å². The Kier molecular flexibility index (Phi) is 5.96. The highest BCUT2D eigenvalue weighted by Crippen LogP contribution is 2.39. The van der Waals surface area contributed by atoms with Gasteiger partial charge in [-0.3, -0.25) is 4.79 Å². The minimum atomic E-state index is -0.979. The fraction of sp³-hybridized carbons (Fsp3) is 0.250. The van der Waals surface area contributed by atoms with Gasteiger partial charge in [0.2, 0.25) is 5.75 Å². The molecular weight excluding hydrogens is 384 g/mol. The van der Waals surface area contributed by atoms with Gasteiger partial charge in [-0.1, -0.05) is 11.6 Å². The number of rotatable bonds is 7. The van der Waals surface area contributed by atoms with Gasteiger partial charge in [0, 0.05) is 23.6 Å². The predicted molar refractivity (Wildman–Crippen MR) is 107 cm³/mol. The number of hydrogen-bond acceptors (Lipinski definition) is 5. The molecule has 0 saturated heterocycles. The van der Waals surface area contributed by atoms with Crippen molar-refractivity contribution in [3.63, 3.8) is 0 Å². The first-order chi connectivity index (χ1) is 13.5. The Morgan fingerprint density at radius 2 is 1.82 bits per heavy atom. The smallest absolute Gasteiger partial charge is 0.252 e. The van der Waals surface area contributed by atoms with Gasteiger partial charge in [0.1, 0.15) is 0 Å². The summed E-state index contributed by atoms with van der Waals surface area (Å²) in [7, 11) is 4.49. The third kappa shape index (κ3) is 3.85. The molecule has 0 radical (unpaired) electrons. The van der Waals surface area contributed by atoms with Gasteiger partial charge in [-0.2, -0.15) is 0 Å². The second kappa shape index (κ2) is 8.41. The van der Waals surface area contributed by atoms with E-state index in [9.17, 15) is 9.90 Å². The Balaban J connectivity index is 1.76. The van der Waals surface area contributed by atoms with E-state index < -0.39 is 6.10 Å². The monoisotopic (exact) mass is 404 g/mol. The van der Waals surface area contributed by atoms with Crippen LogP contribution >= 0.6 is 11.6 Å². The summed E-state index contributed by atoms with van der Waals surface area (Å²) in [6.45, 7) is -0.0149. The van der Waals surface area contributed by atoms with Crippen molar-refractivity contribution in [2.75, 3.05) is 27.9 Å². The van der Waals surface area contributed by atoms with E-state index in [4.69, 9.17) is 25.8 Å². The maximum absolute atomic E-state index is 12.5. The highest BCUT2D eigenvalue weighted by atomic mass is 35.5. The van der Waals surface area contributed by atoms with Crippen LogP contribution in [0.1, 0.15) is 22.0 Å². The lowest BCUT2D eigenvalue weighted by atomic mass is 10.1. The van der Waals surface area contributed by atoms with Crippen LogP contribution in [0.4, 0.5) is 0 Å². The first-order valence-electron chi connectivity index (χ1n) is 8.51. The zero-order valence-electron chi connectivity index (χ0n) is 15.7. The number of methoxy groups -OCH3 is 3. The van der Waals surface area contributed by atoms with Crippen molar-refractivity contribution in [2.24, 2.45) is 0 Å². The minimum absolute atomic E-state index is 0.0149. The number of carbonyl (C=O) groups is 1. The van der Waals surface area contributed by atoms with Crippen LogP contribution in [0.2, 0.25) is 5.02 Å². The lowest BCUT2D eigenvalue weighted by Gasteiger charge is -2.17. The molecule has 1 aromatic heterocycles. The van der Waals surface area contributed by atoms with Crippen LogP contribution in [0.15, 0.2) is 36.5 Å². The molecule has 0 aliphatic rings. The standard InChI is InChI=1S/C20H21ClN2O5/c1-26-17-7-12(8-18(27-2)19(17)28-3)16(24)10-23-20(25)13-6-11-4-5-22-15(11)9-14(13)21/h4-9,16,22,24H,10H2,1-3H3,(H,23,25). The number of nitrogens with one attached hydrogen (secondary N) is 2. The van der Waals surface area contributed by atoms with Crippen molar-refractivity contribution in [3.05, 3.63) is 52.7 Å². The number of aliphatic hydroxyl groups is 1. The fourth-order valence-electron chi connectivity index (χ4n) is 2.94. The van der Waals surface area contributed by atoms with E-state index in [1.54, 1.807) is 30.5 Å². The van der Waals surface area contributed by atoms with Crippen molar-refractivity contribution in [1.82, 2.24) is 10.3 Å². The number of aliphatic hydroxyl groups excluding tert-OH is 1. The van der Waals surface area contributed by atoms with Crippen LogP contribution in [0.25, 0.3) is 10.9 Å². The maximum atomic E-state index is 12.5. The second-order valence-electron chi connectivity index (χ2n) is 6.08. The third-order valence-electron chi connectivity index (χ3n) is 4.41. The molecule has 0 bridgehead atoms. The molecule has 0 aliphatic heterocycles. The Morgan fingerprint density at radius 1 is 1.14 bits per heavy atom. The average molecular weight is 405 g/mol. The van der Waals surface area contributed by atoms with E-state index in [0.717, 1.165) is 10.9 Å². The van der Waals surface area contributed by atoms with Crippen LogP contribution in [-0.4, -0.2) is 43.9 Å². The van der Waals surface area contributed by atoms with Crippen LogP contribution < -0.4 is 19.5 Å². The first kappa shape index (κ1) is 19.9. The number of aromatic nitrogens is 1. The molecule has 0 fully saturated rings. The Labute approximate surface area is 167 Å². The lowest BCUT2D eigenvalue weighted by Crippen LogP contribution is -2.28. The summed E-state index contributed by atoms with van der Waals surface area (Å²) < 4.78 is 15.9. The van der Waals surface area contributed by atoms with Crippen LogP contribution in [-0.2, 0) is 0 Å². The number of fused-ring (bicyclic) bond motifs is 1.